The van der Waals surface area contributed by atoms with Crippen molar-refractivity contribution >= 4 is 23.7 Å². The first-order valence-electron chi connectivity index (χ1n) is 9.62. The maximum atomic E-state index is 6.08. The molecule has 5 rings (SSSR count). The van der Waals surface area contributed by atoms with E-state index in [0.29, 0.717) is 0 Å². The number of nitrogens with one attached hydrogen (secondary N) is 2. The van der Waals surface area contributed by atoms with Gasteiger partial charge in [0.15, 0.2) is 0 Å². The lowest BCUT2D eigenvalue weighted by atomic mass is 9.90. The van der Waals surface area contributed by atoms with Crippen LogP contribution in [0.25, 0.3) is 0 Å². The van der Waals surface area contributed by atoms with Crippen LogP contribution in [0.15, 0.2) is 35.5 Å². The van der Waals surface area contributed by atoms with E-state index in [4.69, 9.17) is 9.72 Å². The van der Waals surface area contributed by atoms with Gasteiger partial charge in [-0.1, -0.05) is 6.07 Å². The Balaban J connectivity index is 1.27. The molecule has 140 valence electrons. The van der Waals surface area contributed by atoms with E-state index in [1.54, 1.807) is 0 Å². The molecule has 7 nitrogen and oxygen atoms in total. The van der Waals surface area contributed by atoms with Gasteiger partial charge in [0, 0.05) is 44.3 Å². The third kappa shape index (κ3) is 3.40. The standard InChI is InChI=1S/C20H24N6O/c1-2-17(11-16-13-22-12-15(1)16)24-18-3-6-23-19(25-18)26-8-4-20(5-9-26)14-21-7-10-27-20/h1-3,6,11,13,21H,4-5,7-10,12,14H2,(H,23,24,25). The van der Waals surface area contributed by atoms with Crippen molar-refractivity contribution in [3.8, 4) is 0 Å². The summed E-state index contributed by atoms with van der Waals surface area (Å²) in [5.41, 5.74) is 3.46. The molecule has 2 aromatic rings. The smallest absolute Gasteiger partial charge is 0.227 e. The van der Waals surface area contributed by atoms with Crippen LogP contribution in [0.3, 0.4) is 0 Å². The molecule has 0 unspecified atom stereocenters. The van der Waals surface area contributed by atoms with Gasteiger partial charge in [0.1, 0.15) is 5.82 Å². The number of benzene rings is 1. The molecule has 3 aliphatic rings. The largest absolute Gasteiger partial charge is 0.372 e. The van der Waals surface area contributed by atoms with E-state index in [0.717, 1.165) is 69.6 Å². The molecule has 0 aliphatic carbocycles. The summed E-state index contributed by atoms with van der Waals surface area (Å²) in [5, 5.41) is 6.86. The highest BCUT2D eigenvalue weighted by Crippen LogP contribution is 2.29. The summed E-state index contributed by atoms with van der Waals surface area (Å²) in [6, 6.07) is 8.22. The van der Waals surface area contributed by atoms with Crippen molar-refractivity contribution in [2.75, 3.05) is 43.0 Å². The van der Waals surface area contributed by atoms with Crippen molar-refractivity contribution < 1.29 is 4.74 Å². The summed E-state index contributed by atoms with van der Waals surface area (Å²) in [7, 11) is 0. The number of piperidine rings is 1. The highest BCUT2D eigenvalue weighted by Gasteiger charge is 2.37. The van der Waals surface area contributed by atoms with Crippen molar-refractivity contribution in [2.45, 2.75) is 25.0 Å². The topological polar surface area (TPSA) is 74.7 Å². The molecule has 7 heteroatoms. The fourth-order valence-electron chi connectivity index (χ4n) is 4.04. The highest BCUT2D eigenvalue weighted by molar-refractivity contribution is 5.86. The maximum absolute atomic E-state index is 6.08. The van der Waals surface area contributed by atoms with E-state index >= 15 is 0 Å². The van der Waals surface area contributed by atoms with Crippen molar-refractivity contribution in [1.82, 2.24) is 15.3 Å². The Morgan fingerprint density at radius 1 is 1.19 bits per heavy atom. The number of anilines is 3. The van der Waals surface area contributed by atoms with E-state index in [1.807, 2.05) is 18.5 Å². The number of hydrogen-bond acceptors (Lipinski definition) is 7. The number of ether oxygens (including phenoxy) is 1. The number of nitrogens with zero attached hydrogens (tertiary/aromatic N) is 4. The summed E-state index contributed by atoms with van der Waals surface area (Å²) in [6.45, 7) is 5.33. The molecule has 4 heterocycles. The van der Waals surface area contributed by atoms with Gasteiger partial charge >= 0.3 is 0 Å². The van der Waals surface area contributed by atoms with E-state index in [-0.39, 0.29) is 5.60 Å². The molecule has 2 fully saturated rings. The maximum Gasteiger partial charge on any atom is 0.227 e. The predicted molar refractivity (Wildman–Crippen MR) is 106 cm³/mol. The minimum Gasteiger partial charge on any atom is -0.372 e. The molecule has 0 atom stereocenters. The Kier molecular flexibility index (Phi) is 4.26. The molecule has 0 saturated carbocycles. The van der Waals surface area contributed by atoms with Crippen LogP contribution in [0.1, 0.15) is 24.0 Å². The molecular formula is C20H24N6O. The second-order valence-electron chi connectivity index (χ2n) is 7.45. The lowest BCUT2D eigenvalue weighted by Gasteiger charge is -2.44. The number of morpholine rings is 1. The van der Waals surface area contributed by atoms with Crippen molar-refractivity contribution in [3.05, 3.63) is 41.6 Å². The van der Waals surface area contributed by atoms with Gasteiger partial charge in [-0.05, 0) is 42.2 Å². The number of hydrogen-bond donors (Lipinski definition) is 2. The first kappa shape index (κ1) is 16.6. The molecule has 0 amide bonds. The van der Waals surface area contributed by atoms with Crippen LogP contribution >= 0.6 is 0 Å². The van der Waals surface area contributed by atoms with Gasteiger partial charge in [0.05, 0.1) is 18.8 Å². The van der Waals surface area contributed by atoms with Crippen LogP contribution in [0.2, 0.25) is 0 Å². The van der Waals surface area contributed by atoms with Crippen LogP contribution in [-0.4, -0.2) is 54.6 Å². The van der Waals surface area contributed by atoms with E-state index in [2.05, 4.69) is 43.7 Å². The summed E-state index contributed by atoms with van der Waals surface area (Å²) >= 11 is 0. The lowest BCUT2D eigenvalue weighted by molar-refractivity contribution is -0.0800. The molecule has 1 aromatic heterocycles. The zero-order valence-corrected chi connectivity index (χ0v) is 15.3. The third-order valence-electron chi connectivity index (χ3n) is 5.64. The van der Waals surface area contributed by atoms with Gasteiger partial charge < -0.3 is 20.3 Å². The molecule has 1 aromatic carbocycles. The number of fused-ring (bicyclic) bond motifs is 1. The lowest BCUT2D eigenvalue weighted by Crippen LogP contribution is -2.55. The van der Waals surface area contributed by atoms with E-state index < -0.39 is 0 Å². The predicted octanol–water partition coefficient (Wildman–Crippen LogP) is 2.11. The van der Waals surface area contributed by atoms with Crippen LogP contribution in [0, 0.1) is 0 Å². The molecular weight excluding hydrogens is 340 g/mol. The van der Waals surface area contributed by atoms with E-state index in [9.17, 15) is 0 Å². The summed E-state index contributed by atoms with van der Waals surface area (Å²) in [6.07, 6.45) is 5.76. The average molecular weight is 364 g/mol. The SMILES string of the molecule is C1=NCc2ccc(Nc3ccnc(N4CCC5(CC4)CNCCO5)n3)cc21. The number of rotatable bonds is 3. The van der Waals surface area contributed by atoms with Gasteiger partial charge in [-0.15, -0.1) is 0 Å². The fourth-order valence-corrected chi connectivity index (χ4v) is 4.04. The molecule has 27 heavy (non-hydrogen) atoms. The monoisotopic (exact) mass is 364 g/mol. The van der Waals surface area contributed by atoms with Crippen LogP contribution in [0.5, 0.6) is 0 Å². The van der Waals surface area contributed by atoms with Crippen molar-refractivity contribution in [3.63, 3.8) is 0 Å². The fraction of sp³-hybridized carbons (Fsp3) is 0.450. The van der Waals surface area contributed by atoms with Crippen LogP contribution < -0.4 is 15.5 Å². The first-order valence-corrected chi connectivity index (χ1v) is 9.62. The normalized spacial score (nSPS) is 20.7. The van der Waals surface area contributed by atoms with Gasteiger partial charge in [-0.25, -0.2) is 4.98 Å². The van der Waals surface area contributed by atoms with Gasteiger partial charge in [-0.3, -0.25) is 4.99 Å². The quantitative estimate of drug-likeness (QED) is 0.869. The van der Waals surface area contributed by atoms with Crippen molar-refractivity contribution in [2.24, 2.45) is 4.99 Å². The Morgan fingerprint density at radius 3 is 2.96 bits per heavy atom. The number of aliphatic imine (C=N–C) groups is 1. The second-order valence-corrected chi connectivity index (χ2v) is 7.45. The average Bonchev–Trinajstić information content (AvgIpc) is 3.17. The summed E-state index contributed by atoms with van der Waals surface area (Å²) < 4.78 is 6.08. The summed E-state index contributed by atoms with van der Waals surface area (Å²) in [4.78, 5) is 15.8. The van der Waals surface area contributed by atoms with E-state index in [1.165, 1.54) is 11.1 Å². The minimum absolute atomic E-state index is 0.00339. The molecule has 1 spiro atoms. The van der Waals surface area contributed by atoms with Crippen LogP contribution in [0.4, 0.5) is 17.5 Å². The highest BCUT2D eigenvalue weighted by atomic mass is 16.5. The second kappa shape index (κ2) is 6.90. The minimum atomic E-state index is -0.00339. The first-order chi connectivity index (χ1) is 13.3. The Bertz CT molecular complexity index is 851. The molecule has 0 bridgehead atoms. The molecule has 2 N–H and O–H groups in total. The Labute approximate surface area is 158 Å². The number of aromatic nitrogens is 2. The molecule has 3 aliphatic heterocycles. The summed E-state index contributed by atoms with van der Waals surface area (Å²) in [5.74, 6) is 1.59. The Hall–Kier alpha value is -2.51. The molecule has 0 radical (unpaired) electrons. The third-order valence-corrected chi connectivity index (χ3v) is 5.64. The Morgan fingerprint density at radius 2 is 2.11 bits per heavy atom. The zero-order chi connectivity index (χ0) is 18.1. The van der Waals surface area contributed by atoms with Gasteiger partial charge in [0.2, 0.25) is 5.95 Å². The zero-order valence-electron chi connectivity index (χ0n) is 15.3. The van der Waals surface area contributed by atoms with Crippen LogP contribution in [-0.2, 0) is 11.3 Å². The molecule has 2 saturated heterocycles. The van der Waals surface area contributed by atoms with Crippen molar-refractivity contribution in [1.29, 1.82) is 0 Å². The van der Waals surface area contributed by atoms with Gasteiger partial charge in [-0.2, -0.15) is 4.98 Å². The van der Waals surface area contributed by atoms with Gasteiger partial charge in [0.25, 0.3) is 0 Å².